The maximum absolute atomic E-state index is 3.57. The highest BCUT2D eigenvalue weighted by atomic mass is 15.2. The number of piperidine rings is 2. The van der Waals surface area contributed by atoms with Gasteiger partial charge in [0.1, 0.15) is 0 Å². The molecule has 0 radical (unpaired) electrons. The molecule has 0 bridgehead atoms. The Morgan fingerprint density at radius 3 is 2.71 bits per heavy atom. The summed E-state index contributed by atoms with van der Waals surface area (Å²) in [6.07, 6.45) is 6.90. The molecule has 21 heavy (non-hydrogen) atoms. The Bertz CT molecular complexity index is 292. The van der Waals surface area contributed by atoms with Crippen LogP contribution in [0.2, 0.25) is 0 Å². The standard InChI is InChI=1S/C18H37N3/c1-15(2)13-19-10-5-7-16(3)21-12-9-18-17(14-21)8-6-11-20(18)4/h15-19H,5-14H2,1-4H3. The average molecular weight is 296 g/mol. The summed E-state index contributed by atoms with van der Waals surface area (Å²) >= 11 is 0. The molecule has 0 aromatic rings. The van der Waals surface area contributed by atoms with Gasteiger partial charge in [0.2, 0.25) is 0 Å². The van der Waals surface area contributed by atoms with E-state index in [1.807, 2.05) is 0 Å². The van der Waals surface area contributed by atoms with Crippen molar-refractivity contribution in [1.29, 1.82) is 0 Å². The summed E-state index contributed by atoms with van der Waals surface area (Å²) in [5.41, 5.74) is 0. The van der Waals surface area contributed by atoms with E-state index < -0.39 is 0 Å². The lowest BCUT2D eigenvalue weighted by molar-refractivity contribution is 0.0215. The van der Waals surface area contributed by atoms with E-state index >= 15 is 0 Å². The molecule has 1 N–H and O–H groups in total. The SMILES string of the molecule is CC(C)CNCCCC(C)N1CCC2C(CCCN2C)C1. The second-order valence-corrected chi connectivity index (χ2v) is 7.82. The van der Waals surface area contributed by atoms with Crippen molar-refractivity contribution in [1.82, 2.24) is 15.1 Å². The first kappa shape index (κ1) is 17.2. The van der Waals surface area contributed by atoms with Crippen LogP contribution in [0.15, 0.2) is 0 Å². The van der Waals surface area contributed by atoms with Crippen LogP contribution < -0.4 is 5.32 Å². The van der Waals surface area contributed by atoms with Crippen molar-refractivity contribution in [2.75, 3.05) is 39.8 Å². The first-order chi connectivity index (χ1) is 10.1. The normalized spacial score (nSPS) is 29.6. The van der Waals surface area contributed by atoms with Crippen LogP contribution in [-0.2, 0) is 0 Å². The average Bonchev–Trinajstić information content (AvgIpc) is 2.46. The molecular weight excluding hydrogens is 258 g/mol. The maximum atomic E-state index is 3.57. The summed E-state index contributed by atoms with van der Waals surface area (Å²) in [4.78, 5) is 5.38. The lowest BCUT2D eigenvalue weighted by Crippen LogP contribution is -2.54. The zero-order valence-corrected chi connectivity index (χ0v) is 14.8. The molecule has 0 amide bonds. The summed E-state index contributed by atoms with van der Waals surface area (Å²) in [6, 6.07) is 1.63. The summed E-state index contributed by atoms with van der Waals surface area (Å²) in [5.74, 6) is 1.70. The van der Waals surface area contributed by atoms with Gasteiger partial charge in [0.15, 0.2) is 0 Å². The van der Waals surface area contributed by atoms with E-state index in [2.05, 4.69) is 42.9 Å². The molecule has 2 rings (SSSR count). The van der Waals surface area contributed by atoms with Gasteiger partial charge < -0.3 is 15.1 Å². The van der Waals surface area contributed by atoms with Crippen molar-refractivity contribution in [2.24, 2.45) is 11.8 Å². The van der Waals surface area contributed by atoms with Crippen molar-refractivity contribution >= 4 is 0 Å². The van der Waals surface area contributed by atoms with Gasteiger partial charge in [-0.25, -0.2) is 0 Å². The highest BCUT2D eigenvalue weighted by Gasteiger charge is 2.35. The highest BCUT2D eigenvalue weighted by molar-refractivity contribution is 4.90. The van der Waals surface area contributed by atoms with Crippen LogP contribution >= 0.6 is 0 Å². The van der Waals surface area contributed by atoms with Gasteiger partial charge in [-0.1, -0.05) is 13.8 Å². The molecule has 0 spiro atoms. The Morgan fingerprint density at radius 2 is 1.95 bits per heavy atom. The molecule has 2 heterocycles. The van der Waals surface area contributed by atoms with E-state index in [0.717, 1.165) is 30.5 Å². The Kier molecular flexibility index (Phi) is 6.97. The molecule has 3 nitrogen and oxygen atoms in total. The number of nitrogens with zero attached hydrogens (tertiary/aromatic N) is 2. The number of fused-ring (bicyclic) bond motifs is 1. The van der Waals surface area contributed by atoms with E-state index in [1.165, 1.54) is 58.3 Å². The van der Waals surface area contributed by atoms with Gasteiger partial charge in [-0.2, -0.15) is 0 Å². The van der Waals surface area contributed by atoms with Gasteiger partial charge in [0.05, 0.1) is 0 Å². The second kappa shape index (κ2) is 8.50. The molecule has 0 aliphatic carbocycles. The third-order valence-electron chi connectivity index (χ3n) is 5.53. The van der Waals surface area contributed by atoms with Gasteiger partial charge in [0.25, 0.3) is 0 Å². The molecule has 2 fully saturated rings. The van der Waals surface area contributed by atoms with Crippen LogP contribution in [0, 0.1) is 11.8 Å². The lowest BCUT2D eigenvalue weighted by atomic mass is 9.83. The fourth-order valence-electron chi connectivity index (χ4n) is 4.18. The van der Waals surface area contributed by atoms with Crippen molar-refractivity contribution in [3.05, 3.63) is 0 Å². The Morgan fingerprint density at radius 1 is 1.14 bits per heavy atom. The van der Waals surface area contributed by atoms with E-state index in [1.54, 1.807) is 0 Å². The van der Waals surface area contributed by atoms with Crippen LogP contribution in [0.3, 0.4) is 0 Å². The zero-order valence-electron chi connectivity index (χ0n) is 14.8. The third-order valence-corrected chi connectivity index (χ3v) is 5.53. The molecule has 2 saturated heterocycles. The molecule has 3 atom stereocenters. The molecule has 2 aliphatic heterocycles. The summed E-state index contributed by atoms with van der Waals surface area (Å²) < 4.78 is 0. The van der Waals surface area contributed by atoms with Crippen molar-refractivity contribution in [3.63, 3.8) is 0 Å². The van der Waals surface area contributed by atoms with Gasteiger partial charge >= 0.3 is 0 Å². The van der Waals surface area contributed by atoms with E-state index in [-0.39, 0.29) is 0 Å². The number of rotatable bonds is 7. The molecule has 0 aromatic heterocycles. The van der Waals surface area contributed by atoms with Gasteiger partial charge in [-0.15, -0.1) is 0 Å². The fourth-order valence-corrected chi connectivity index (χ4v) is 4.18. The molecule has 0 aromatic carbocycles. The van der Waals surface area contributed by atoms with Crippen LogP contribution in [-0.4, -0.2) is 61.7 Å². The maximum Gasteiger partial charge on any atom is 0.0145 e. The van der Waals surface area contributed by atoms with Crippen LogP contribution in [0.25, 0.3) is 0 Å². The molecular formula is C18H37N3. The predicted octanol–water partition coefficient (Wildman–Crippen LogP) is 2.82. The summed E-state index contributed by atoms with van der Waals surface area (Å²) in [5, 5.41) is 3.57. The van der Waals surface area contributed by atoms with Crippen molar-refractivity contribution in [3.8, 4) is 0 Å². The monoisotopic (exact) mass is 295 g/mol. The molecule has 3 heteroatoms. The first-order valence-electron chi connectivity index (χ1n) is 9.23. The van der Waals surface area contributed by atoms with E-state index in [9.17, 15) is 0 Å². The quantitative estimate of drug-likeness (QED) is 0.729. The number of hydrogen-bond acceptors (Lipinski definition) is 3. The van der Waals surface area contributed by atoms with Gasteiger partial charge in [0, 0.05) is 18.6 Å². The first-order valence-corrected chi connectivity index (χ1v) is 9.23. The highest BCUT2D eigenvalue weighted by Crippen LogP contribution is 2.30. The topological polar surface area (TPSA) is 18.5 Å². The Balaban J connectivity index is 1.65. The van der Waals surface area contributed by atoms with Gasteiger partial charge in [-0.3, -0.25) is 0 Å². The Labute approximate surface area is 132 Å². The number of hydrogen-bond donors (Lipinski definition) is 1. The summed E-state index contributed by atoms with van der Waals surface area (Å²) in [6.45, 7) is 13.3. The molecule has 3 unspecified atom stereocenters. The largest absolute Gasteiger partial charge is 0.316 e. The van der Waals surface area contributed by atoms with Crippen molar-refractivity contribution in [2.45, 2.75) is 65.0 Å². The third kappa shape index (κ3) is 5.22. The van der Waals surface area contributed by atoms with Crippen LogP contribution in [0.5, 0.6) is 0 Å². The van der Waals surface area contributed by atoms with E-state index in [4.69, 9.17) is 0 Å². The zero-order chi connectivity index (χ0) is 15.2. The molecule has 124 valence electrons. The molecule has 0 saturated carbocycles. The smallest absolute Gasteiger partial charge is 0.0145 e. The molecule has 2 aliphatic rings. The Hall–Kier alpha value is -0.120. The minimum Gasteiger partial charge on any atom is -0.316 e. The number of likely N-dealkylation sites (tertiary alicyclic amines) is 2. The predicted molar refractivity (Wildman–Crippen MR) is 91.7 cm³/mol. The number of nitrogens with one attached hydrogen (secondary N) is 1. The van der Waals surface area contributed by atoms with Crippen molar-refractivity contribution < 1.29 is 0 Å². The minimum absolute atomic E-state index is 0.763. The van der Waals surface area contributed by atoms with Gasteiger partial charge in [-0.05, 0) is 84.1 Å². The lowest BCUT2D eigenvalue weighted by Gasteiger charge is -2.47. The minimum atomic E-state index is 0.763. The van der Waals surface area contributed by atoms with Crippen LogP contribution in [0.4, 0.5) is 0 Å². The van der Waals surface area contributed by atoms with E-state index in [0.29, 0.717) is 0 Å². The summed E-state index contributed by atoms with van der Waals surface area (Å²) in [7, 11) is 2.33. The van der Waals surface area contributed by atoms with Crippen LogP contribution in [0.1, 0.15) is 52.9 Å². The fraction of sp³-hybridized carbons (Fsp3) is 1.00. The second-order valence-electron chi connectivity index (χ2n) is 7.82.